The Labute approximate surface area is 134 Å². The molecule has 118 valence electrons. The molecular weight excluding hydrogens is 292 g/mol. The Morgan fingerprint density at radius 1 is 1.17 bits per heavy atom. The van der Waals surface area contributed by atoms with E-state index in [1.54, 1.807) is 17.1 Å². The molecule has 0 amide bonds. The van der Waals surface area contributed by atoms with Crippen molar-refractivity contribution in [1.29, 1.82) is 0 Å². The van der Waals surface area contributed by atoms with Gasteiger partial charge in [-0.3, -0.25) is 4.79 Å². The van der Waals surface area contributed by atoms with E-state index in [1.165, 1.54) is 0 Å². The minimum Gasteiger partial charge on any atom is -0.480 e. The summed E-state index contributed by atoms with van der Waals surface area (Å²) in [4.78, 5) is 20.1. The van der Waals surface area contributed by atoms with Gasteiger partial charge < -0.3 is 14.2 Å². The van der Waals surface area contributed by atoms with Gasteiger partial charge in [0.05, 0.1) is 12.0 Å². The number of imidazole rings is 2. The van der Waals surface area contributed by atoms with Gasteiger partial charge in [-0.2, -0.15) is 0 Å². The number of rotatable bonds is 6. The van der Waals surface area contributed by atoms with Crippen LogP contribution in [0.3, 0.4) is 0 Å². The van der Waals surface area contributed by atoms with Crippen molar-refractivity contribution in [3.8, 4) is 22.8 Å². The highest BCUT2D eigenvalue weighted by Crippen LogP contribution is 2.30. The van der Waals surface area contributed by atoms with Crippen molar-refractivity contribution >= 4 is 5.97 Å². The summed E-state index contributed by atoms with van der Waals surface area (Å²) in [7, 11) is 0. The van der Waals surface area contributed by atoms with Crippen LogP contribution in [0.1, 0.15) is 13.3 Å². The molecule has 3 aromatic rings. The van der Waals surface area contributed by atoms with Crippen LogP contribution in [0.2, 0.25) is 0 Å². The fraction of sp³-hybridized carbons (Fsp3) is 0.235. The van der Waals surface area contributed by atoms with E-state index in [2.05, 4.69) is 16.9 Å². The quantitative estimate of drug-likeness (QED) is 0.760. The maximum atomic E-state index is 11.2. The van der Waals surface area contributed by atoms with E-state index in [1.807, 2.05) is 41.1 Å². The first-order valence-electron chi connectivity index (χ1n) is 7.54. The number of aryl methyl sites for hydroxylation is 1. The lowest BCUT2D eigenvalue weighted by Crippen LogP contribution is -2.11. The van der Waals surface area contributed by atoms with Crippen LogP contribution in [0.4, 0.5) is 0 Å². The number of nitrogens with zero attached hydrogens (tertiary/aromatic N) is 4. The van der Waals surface area contributed by atoms with E-state index < -0.39 is 5.97 Å². The fourth-order valence-electron chi connectivity index (χ4n) is 2.64. The zero-order valence-corrected chi connectivity index (χ0v) is 12.9. The standard InChI is InChI=1S/C17H18N4O2/c1-2-9-20-10-8-18-17(20)16-15(13-6-4-3-5-7-13)19-12-21(16)11-14(22)23/h3-8,10,12H,2,9,11H2,1H3,(H,22,23). The van der Waals surface area contributed by atoms with Crippen molar-refractivity contribution in [2.45, 2.75) is 26.4 Å². The van der Waals surface area contributed by atoms with Crippen molar-refractivity contribution in [2.75, 3.05) is 0 Å². The zero-order chi connectivity index (χ0) is 16.2. The van der Waals surface area contributed by atoms with Gasteiger partial charge in [-0.15, -0.1) is 0 Å². The van der Waals surface area contributed by atoms with Crippen LogP contribution in [0.5, 0.6) is 0 Å². The molecule has 0 spiro atoms. The molecule has 0 atom stereocenters. The van der Waals surface area contributed by atoms with E-state index >= 15 is 0 Å². The summed E-state index contributed by atoms with van der Waals surface area (Å²) in [5, 5.41) is 9.17. The first-order valence-corrected chi connectivity index (χ1v) is 7.54. The third-order valence-electron chi connectivity index (χ3n) is 3.58. The third-order valence-corrected chi connectivity index (χ3v) is 3.58. The molecule has 1 N–H and O–H groups in total. The lowest BCUT2D eigenvalue weighted by atomic mass is 10.1. The summed E-state index contributed by atoms with van der Waals surface area (Å²) < 4.78 is 3.67. The summed E-state index contributed by atoms with van der Waals surface area (Å²) >= 11 is 0. The number of carbonyl (C=O) groups is 1. The molecular formula is C17H18N4O2. The molecule has 2 aromatic heterocycles. The van der Waals surface area contributed by atoms with Crippen molar-refractivity contribution in [1.82, 2.24) is 19.1 Å². The summed E-state index contributed by atoms with van der Waals surface area (Å²) in [5.41, 5.74) is 2.42. The molecule has 6 heteroatoms. The van der Waals surface area contributed by atoms with Gasteiger partial charge in [-0.1, -0.05) is 37.3 Å². The van der Waals surface area contributed by atoms with Gasteiger partial charge >= 0.3 is 5.97 Å². The van der Waals surface area contributed by atoms with Crippen LogP contribution in [-0.4, -0.2) is 30.2 Å². The molecule has 2 heterocycles. The molecule has 0 aliphatic heterocycles. The molecule has 0 radical (unpaired) electrons. The molecule has 1 aromatic carbocycles. The Morgan fingerprint density at radius 2 is 1.96 bits per heavy atom. The Morgan fingerprint density at radius 3 is 2.65 bits per heavy atom. The second kappa shape index (κ2) is 6.48. The Kier molecular flexibility index (Phi) is 4.23. The summed E-state index contributed by atoms with van der Waals surface area (Å²) in [6, 6.07) is 9.74. The van der Waals surface area contributed by atoms with Crippen LogP contribution >= 0.6 is 0 Å². The predicted molar refractivity (Wildman–Crippen MR) is 86.8 cm³/mol. The molecule has 0 saturated carbocycles. The summed E-state index contributed by atoms with van der Waals surface area (Å²) in [6.07, 6.45) is 6.18. The van der Waals surface area contributed by atoms with Gasteiger partial charge in [0.25, 0.3) is 0 Å². The summed E-state index contributed by atoms with van der Waals surface area (Å²) in [6.45, 7) is 2.77. The van der Waals surface area contributed by atoms with Gasteiger partial charge in [0.15, 0.2) is 5.82 Å². The molecule has 0 saturated heterocycles. The van der Waals surface area contributed by atoms with E-state index in [-0.39, 0.29) is 6.54 Å². The second-order valence-electron chi connectivity index (χ2n) is 5.27. The van der Waals surface area contributed by atoms with E-state index in [9.17, 15) is 4.79 Å². The number of carboxylic acid groups (broad SMARTS) is 1. The van der Waals surface area contributed by atoms with Crippen LogP contribution in [-0.2, 0) is 17.9 Å². The smallest absolute Gasteiger partial charge is 0.323 e. The number of benzene rings is 1. The number of aromatic nitrogens is 4. The van der Waals surface area contributed by atoms with Crippen LogP contribution in [0.25, 0.3) is 22.8 Å². The second-order valence-corrected chi connectivity index (χ2v) is 5.27. The highest BCUT2D eigenvalue weighted by atomic mass is 16.4. The maximum Gasteiger partial charge on any atom is 0.323 e. The minimum atomic E-state index is -0.906. The van der Waals surface area contributed by atoms with Crippen LogP contribution in [0, 0.1) is 0 Å². The SMILES string of the molecule is CCCn1ccnc1-c1c(-c2ccccc2)ncn1CC(=O)O. The van der Waals surface area contributed by atoms with E-state index in [4.69, 9.17) is 5.11 Å². The topological polar surface area (TPSA) is 72.9 Å². The molecule has 0 unspecified atom stereocenters. The van der Waals surface area contributed by atoms with E-state index in [0.29, 0.717) is 0 Å². The largest absolute Gasteiger partial charge is 0.480 e. The van der Waals surface area contributed by atoms with Crippen LogP contribution in [0.15, 0.2) is 49.1 Å². The third kappa shape index (κ3) is 3.01. The first-order chi connectivity index (χ1) is 11.2. The van der Waals surface area contributed by atoms with Crippen molar-refractivity contribution in [2.24, 2.45) is 0 Å². The number of aliphatic carboxylic acids is 1. The van der Waals surface area contributed by atoms with Gasteiger partial charge in [-0.05, 0) is 6.42 Å². The van der Waals surface area contributed by atoms with Crippen molar-refractivity contribution in [3.63, 3.8) is 0 Å². The lowest BCUT2D eigenvalue weighted by Gasteiger charge is -2.11. The van der Waals surface area contributed by atoms with Gasteiger partial charge in [0.1, 0.15) is 12.2 Å². The minimum absolute atomic E-state index is 0.145. The van der Waals surface area contributed by atoms with Gasteiger partial charge in [0.2, 0.25) is 0 Å². The summed E-state index contributed by atoms with van der Waals surface area (Å²) in [5.74, 6) is -0.165. The lowest BCUT2D eigenvalue weighted by molar-refractivity contribution is -0.137. The highest BCUT2D eigenvalue weighted by Gasteiger charge is 2.20. The average Bonchev–Trinajstić information content (AvgIpc) is 3.14. The van der Waals surface area contributed by atoms with Crippen molar-refractivity contribution < 1.29 is 9.90 Å². The Balaban J connectivity index is 2.17. The van der Waals surface area contributed by atoms with E-state index in [0.717, 1.165) is 35.7 Å². The molecule has 0 aliphatic carbocycles. The normalized spacial score (nSPS) is 10.8. The predicted octanol–water partition coefficient (Wildman–Crippen LogP) is 2.91. The highest BCUT2D eigenvalue weighted by molar-refractivity contribution is 5.77. The molecule has 6 nitrogen and oxygen atoms in total. The fourth-order valence-corrected chi connectivity index (χ4v) is 2.64. The number of hydrogen-bond acceptors (Lipinski definition) is 3. The van der Waals surface area contributed by atoms with Crippen LogP contribution < -0.4 is 0 Å². The number of hydrogen-bond donors (Lipinski definition) is 1. The molecule has 3 rings (SSSR count). The monoisotopic (exact) mass is 310 g/mol. The molecule has 23 heavy (non-hydrogen) atoms. The Hall–Kier alpha value is -2.89. The Bertz CT molecular complexity index is 805. The first kappa shape index (κ1) is 15.0. The van der Waals surface area contributed by atoms with Crippen molar-refractivity contribution in [3.05, 3.63) is 49.1 Å². The molecule has 0 fully saturated rings. The number of carboxylic acids is 1. The zero-order valence-electron chi connectivity index (χ0n) is 12.9. The molecule has 0 aliphatic rings. The molecule has 0 bridgehead atoms. The van der Waals surface area contributed by atoms with Gasteiger partial charge in [0, 0.05) is 24.5 Å². The van der Waals surface area contributed by atoms with Gasteiger partial charge in [-0.25, -0.2) is 9.97 Å². The average molecular weight is 310 g/mol. The maximum absolute atomic E-state index is 11.2.